The second-order valence-electron chi connectivity index (χ2n) is 7.05. The lowest BCUT2D eigenvalue weighted by molar-refractivity contribution is 0.120. The number of H-pyrrole nitrogens is 1. The number of rotatable bonds is 12. The molecule has 7 nitrogen and oxygen atoms in total. The number of nitrogens with zero attached hydrogens (tertiary/aromatic N) is 3. The smallest absolute Gasteiger partial charge is 0.148 e. The number of allylic oxidation sites excluding steroid dienone is 4. The quantitative estimate of drug-likeness (QED) is 0.328. The standard InChI is InChI=1S/C20H32N4O3/c25-14-10-6-2-1-3-7-11-16-17(19(27)15-18(16)26)12-8-4-5-9-13-20-21-23-24-22-20/h2,4,6-8,11,16-19,25-27H,1,3,5,9-10,12-15H2,(H,21,22,23,24)/b6-2-,8-4-,11-7+/t16-,17+,18+,19-/m1/s1. The Morgan fingerprint density at radius 2 is 1.74 bits per heavy atom. The fourth-order valence-corrected chi connectivity index (χ4v) is 3.51. The van der Waals surface area contributed by atoms with Crippen LogP contribution in [-0.2, 0) is 6.42 Å². The van der Waals surface area contributed by atoms with Crippen molar-refractivity contribution in [3.8, 4) is 0 Å². The second kappa shape index (κ2) is 12.5. The number of aliphatic hydroxyl groups is 3. The minimum absolute atomic E-state index is 0.00587. The van der Waals surface area contributed by atoms with Gasteiger partial charge in [-0.2, -0.15) is 0 Å². The van der Waals surface area contributed by atoms with Crippen LogP contribution in [0.5, 0.6) is 0 Å². The number of aliphatic hydroxyl groups excluding tert-OH is 3. The number of aryl methyl sites for hydroxylation is 1. The summed E-state index contributed by atoms with van der Waals surface area (Å²) in [7, 11) is 0. The van der Waals surface area contributed by atoms with Crippen LogP contribution < -0.4 is 0 Å². The lowest BCUT2D eigenvalue weighted by atomic mass is 9.89. The van der Waals surface area contributed by atoms with Crippen molar-refractivity contribution in [3.05, 3.63) is 42.3 Å². The average Bonchev–Trinajstić information content (AvgIpc) is 3.26. The predicted molar refractivity (Wildman–Crippen MR) is 104 cm³/mol. The molecule has 4 N–H and O–H groups in total. The molecule has 4 atom stereocenters. The van der Waals surface area contributed by atoms with Gasteiger partial charge in [0.2, 0.25) is 0 Å². The molecule has 0 aliphatic heterocycles. The molecule has 7 heteroatoms. The molecule has 0 radical (unpaired) electrons. The van der Waals surface area contributed by atoms with E-state index in [9.17, 15) is 10.2 Å². The van der Waals surface area contributed by atoms with Crippen molar-refractivity contribution < 1.29 is 15.3 Å². The molecule has 0 bridgehead atoms. The van der Waals surface area contributed by atoms with E-state index in [1.165, 1.54) is 0 Å². The van der Waals surface area contributed by atoms with Crippen molar-refractivity contribution in [2.45, 2.75) is 63.6 Å². The van der Waals surface area contributed by atoms with Crippen LogP contribution in [0, 0.1) is 11.8 Å². The molecule has 0 spiro atoms. The van der Waals surface area contributed by atoms with Gasteiger partial charge in [-0.25, -0.2) is 5.10 Å². The minimum Gasteiger partial charge on any atom is -0.396 e. The first-order chi connectivity index (χ1) is 13.2. The Kier molecular flexibility index (Phi) is 9.97. The molecule has 1 aromatic rings. The minimum atomic E-state index is -0.474. The molecule has 1 heterocycles. The molecule has 27 heavy (non-hydrogen) atoms. The maximum atomic E-state index is 10.3. The summed E-state index contributed by atoms with van der Waals surface area (Å²) >= 11 is 0. The number of unbranched alkanes of at least 4 members (excludes halogenated alkanes) is 2. The SMILES string of the molecule is OCC/C=C\CC/C=C/[C@@H]1[C@H](C/C=C\CCCc2nnn[nH]2)[C@H](O)C[C@@H]1O. The van der Waals surface area contributed by atoms with Crippen LogP contribution in [0.25, 0.3) is 0 Å². The zero-order valence-electron chi connectivity index (χ0n) is 15.8. The third-order valence-electron chi connectivity index (χ3n) is 4.99. The number of nitrogens with one attached hydrogen (secondary N) is 1. The maximum absolute atomic E-state index is 10.3. The lowest BCUT2D eigenvalue weighted by Crippen LogP contribution is -2.19. The van der Waals surface area contributed by atoms with Gasteiger partial charge in [-0.1, -0.05) is 36.5 Å². The van der Waals surface area contributed by atoms with Crippen LogP contribution >= 0.6 is 0 Å². The van der Waals surface area contributed by atoms with Crippen LogP contribution in [0.4, 0.5) is 0 Å². The summed E-state index contributed by atoms with van der Waals surface area (Å²) < 4.78 is 0. The van der Waals surface area contributed by atoms with E-state index in [-0.39, 0.29) is 18.4 Å². The summed E-state index contributed by atoms with van der Waals surface area (Å²) in [6.07, 6.45) is 18.0. The highest BCUT2D eigenvalue weighted by molar-refractivity contribution is 5.05. The Morgan fingerprint density at radius 3 is 2.52 bits per heavy atom. The Bertz CT molecular complexity index is 586. The normalized spacial score (nSPS) is 26.2. The van der Waals surface area contributed by atoms with Crippen LogP contribution in [0.3, 0.4) is 0 Å². The van der Waals surface area contributed by atoms with E-state index in [4.69, 9.17) is 5.11 Å². The first-order valence-electron chi connectivity index (χ1n) is 9.88. The summed E-state index contributed by atoms with van der Waals surface area (Å²) in [6.45, 7) is 0.185. The summed E-state index contributed by atoms with van der Waals surface area (Å²) in [5.74, 6) is 0.872. The highest BCUT2D eigenvalue weighted by Crippen LogP contribution is 2.36. The molecular weight excluding hydrogens is 344 g/mol. The van der Waals surface area contributed by atoms with E-state index in [1.54, 1.807) is 0 Å². The molecule has 2 rings (SSSR count). The third kappa shape index (κ3) is 7.74. The van der Waals surface area contributed by atoms with E-state index >= 15 is 0 Å². The maximum Gasteiger partial charge on any atom is 0.148 e. The molecule has 0 aromatic carbocycles. The zero-order valence-corrected chi connectivity index (χ0v) is 15.8. The molecule has 1 saturated carbocycles. The van der Waals surface area contributed by atoms with Gasteiger partial charge in [-0.15, -0.1) is 5.10 Å². The fourth-order valence-electron chi connectivity index (χ4n) is 3.51. The van der Waals surface area contributed by atoms with Gasteiger partial charge < -0.3 is 15.3 Å². The van der Waals surface area contributed by atoms with Crippen molar-refractivity contribution in [2.75, 3.05) is 6.61 Å². The van der Waals surface area contributed by atoms with E-state index in [0.29, 0.717) is 12.8 Å². The Hall–Kier alpha value is -1.83. The highest BCUT2D eigenvalue weighted by Gasteiger charge is 2.39. The topological polar surface area (TPSA) is 115 Å². The van der Waals surface area contributed by atoms with Crippen molar-refractivity contribution in [1.29, 1.82) is 0 Å². The van der Waals surface area contributed by atoms with Crippen LogP contribution in [0.2, 0.25) is 0 Å². The van der Waals surface area contributed by atoms with Gasteiger partial charge in [-0.05, 0) is 54.9 Å². The van der Waals surface area contributed by atoms with E-state index in [2.05, 4.69) is 51.0 Å². The number of tetrazole rings is 1. The van der Waals surface area contributed by atoms with Gasteiger partial charge >= 0.3 is 0 Å². The highest BCUT2D eigenvalue weighted by atomic mass is 16.3. The van der Waals surface area contributed by atoms with Gasteiger partial charge in [0.1, 0.15) is 5.82 Å². The summed E-state index contributed by atoms with van der Waals surface area (Å²) in [4.78, 5) is 0. The number of hydrogen-bond acceptors (Lipinski definition) is 6. The van der Waals surface area contributed by atoms with Crippen LogP contribution in [0.15, 0.2) is 36.5 Å². The third-order valence-corrected chi connectivity index (χ3v) is 4.99. The summed E-state index contributed by atoms with van der Waals surface area (Å²) in [5, 5.41) is 43.0. The predicted octanol–water partition coefficient (Wildman–Crippen LogP) is 2.10. The largest absolute Gasteiger partial charge is 0.396 e. The number of hydrogen-bond donors (Lipinski definition) is 4. The molecule has 150 valence electrons. The van der Waals surface area contributed by atoms with E-state index in [1.807, 2.05) is 6.08 Å². The number of aromatic nitrogens is 4. The fraction of sp³-hybridized carbons (Fsp3) is 0.650. The molecule has 1 aliphatic carbocycles. The average molecular weight is 377 g/mol. The molecular formula is C20H32N4O3. The van der Waals surface area contributed by atoms with Gasteiger partial charge in [-0.3, -0.25) is 0 Å². The van der Waals surface area contributed by atoms with Gasteiger partial charge in [0.05, 0.1) is 12.2 Å². The van der Waals surface area contributed by atoms with Crippen molar-refractivity contribution in [3.63, 3.8) is 0 Å². The zero-order chi connectivity index (χ0) is 19.3. The summed E-state index contributed by atoms with van der Waals surface area (Å²) in [5.41, 5.74) is 0. The van der Waals surface area contributed by atoms with Crippen LogP contribution in [0.1, 0.15) is 50.8 Å². The Balaban J connectivity index is 1.71. The van der Waals surface area contributed by atoms with Gasteiger partial charge in [0.15, 0.2) is 0 Å². The Morgan fingerprint density at radius 1 is 0.963 bits per heavy atom. The molecule has 1 aliphatic rings. The monoisotopic (exact) mass is 376 g/mol. The molecule has 0 saturated heterocycles. The van der Waals surface area contributed by atoms with Crippen molar-refractivity contribution in [1.82, 2.24) is 20.6 Å². The second-order valence-corrected chi connectivity index (χ2v) is 7.05. The molecule has 0 amide bonds. The molecule has 1 fully saturated rings. The van der Waals surface area contributed by atoms with E-state index in [0.717, 1.165) is 44.3 Å². The van der Waals surface area contributed by atoms with Crippen LogP contribution in [-0.4, -0.2) is 54.8 Å². The van der Waals surface area contributed by atoms with Gasteiger partial charge in [0.25, 0.3) is 0 Å². The molecule has 1 aromatic heterocycles. The van der Waals surface area contributed by atoms with Crippen molar-refractivity contribution >= 4 is 0 Å². The Labute approximate surface area is 160 Å². The van der Waals surface area contributed by atoms with E-state index < -0.39 is 12.2 Å². The number of aromatic amines is 1. The lowest BCUT2D eigenvalue weighted by Gasteiger charge is -2.19. The first-order valence-corrected chi connectivity index (χ1v) is 9.88. The van der Waals surface area contributed by atoms with Gasteiger partial charge in [0, 0.05) is 25.4 Å². The first kappa shape index (κ1) is 21.5. The summed E-state index contributed by atoms with van der Waals surface area (Å²) in [6, 6.07) is 0. The molecule has 0 unspecified atom stereocenters. The van der Waals surface area contributed by atoms with Crippen molar-refractivity contribution in [2.24, 2.45) is 11.8 Å².